The van der Waals surface area contributed by atoms with Crippen molar-refractivity contribution in [3.8, 4) is 0 Å². The van der Waals surface area contributed by atoms with Crippen molar-refractivity contribution in [1.29, 1.82) is 0 Å². The minimum Gasteiger partial charge on any atom is -0.444 e. The van der Waals surface area contributed by atoms with Gasteiger partial charge in [0, 0.05) is 6.20 Å². The summed E-state index contributed by atoms with van der Waals surface area (Å²) in [6, 6.07) is 1.39. The molecule has 0 aromatic carbocycles. The van der Waals surface area contributed by atoms with E-state index < -0.39 is 23.6 Å². The minimum atomic E-state index is -1.17. The molecule has 1 amide bonds. The minimum absolute atomic E-state index is 0.140. The number of halogens is 1. The van der Waals surface area contributed by atoms with Gasteiger partial charge in [-0.15, -0.1) is 0 Å². The van der Waals surface area contributed by atoms with Crippen molar-refractivity contribution in [3.05, 3.63) is 29.8 Å². The van der Waals surface area contributed by atoms with Crippen LogP contribution in [0.15, 0.2) is 18.3 Å². The van der Waals surface area contributed by atoms with E-state index in [1.54, 1.807) is 20.8 Å². The fourth-order valence-corrected chi connectivity index (χ4v) is 1.23. The number of carbonyl (C=O) groups excluding carboxylic acids is 2. The van der Waals surface area contributed by atoms with Crippen molar-refractivity contribution in [2.24, 2.45) is 0 Å². The van der Waals surface area contributed by atoms with Crippen molar-refractivity contribution in [2.75, 3.05) is 0 Å². The number of nitrogens with zero attached hydrogens (tertiary/aromatic N) is 1. The molecule has 0 aliphatic carbocycles. The maximum Gasteiger partial charge on any atom is 0.408 e. The molecule has 0 aliphatic heterocycles. The zero-order valence-electron chi connectivity index (χ0n) is 10.4. The standard InChI is InChI=1S/C12H15FN2O3/c1-12(2,3)18-11(17)15-9(7-16)10-8(13)5-4-6-14-10/h4-7,9H,1-3H3,(H,15,17). The normalized spacial score (nSPS) is 12.7. The molecular weight excluding hydrogens is 239 g/mol. The van der Waals surface area contributed by atoms with E-state index >= 15 is 0 Å². The van der Waals surface area contributed by atoms with Crippen LogP contribution in [0.4, 0.5) is 9.18 Å². The van der Waals surface area contributed by atoms with Crippen LogP contribution >= 0.6 is 0 Å². The number of carbonyl (C=O) groups is 2. The number of ether oxygens (including phenoxy) is 1. The van der Waals surface area contributed by atoms with Crippen LogP contribution in [0.5, 0.6) is 0 Å². The first-order chi connectivity index (χ1) is 8.33. The number of hydrogen-bond acceptors (Lipinski definition) is 4. The van der Waals surface area contributed by atoms with Crippen molar-refractivity contribution >= 4 is 12.4 Å². The number of pyridine rings is 1. The lowest BCUT2D eigenvalue weighted by Crippen LogP contribution is -2.36. The van der Waals surface area contributed by atoms with Gasteiger partial charge in [-0.05, 0) is 32.9 Å². The molecule has 0 bridgehead atoms. The Hall–Kier alpha value is -1.98. The maximum atomic E-state index is 13.4. The van der Waals surface area contributed by atoms with Crippen molar-refractivity contribution in [1.82, 2.24) is 10.3 Å². The molecule has 1 atom stereocenters. The van der Waals surface area contributed by atoms with E-state index in [0.717, 1.165) is 6.07 Å². The predicted octanol–water partition coefficient (Wildman–Crippen LogP) is 1.99. The lowest BCUT2D eigenvalue weighted by Gasteiger charge is -2.21. The molecule has 0 saturated heterocycles. The SMILES string of the molecule is CC(C)(C)OC(=O)NC(C=O)c1ncccc1F. The van der Waals surface area contributed by atoms with Crippen molar-refractivity contribution in [2.45, 2.75) is 32.4 Å². The quantitative estimate of drug-likeness (QED) is 0.837. The largest absolute Gasteiger partial charge is 0.444 e. The summed E-state index contributed by atoms with van der Waals surface area (Å²) in [7, 11) is 0. The van der Waals surface area contributed by atoms with Gasteiger partial charge >= 0.3 is 6.09 Å². The molecule has 0 radical (unpaired) electrons. The number of rotatable bonds is 3. The highest BCUT2D eigenvalue weighted by atomic mass is 19.1. The molecular formula is C12H15FN2O3. The second-order valence-corrected chi connectivity index (χ2v) is 4.63. The van der Waals surface area contributed by atoms with Crippen LogP contribution in [0.1, 0.15) is 32.5 Å². The fraction of sp³-hybridized carbons (Fsp3) is 0.417. The summed E-state index contributed by atoms with van der Waals surface area (Å²) in [5.74, 6) is -0.661. The number of hydrogen-bond donors (Lipinski definition) is 1. The molecule has 1 heterocycles. The number of aromatic nitrogens is 1. The zero-order valence-corrected chi connectivity index (χ0v) is 10.4. The van der Waals surface area contributed by atoms with E-state index in [4.69, 9.17) is 4.74 Å². The summed E-state index contributed by atoms with van der Waals surface area (Å²) < 4.78 is 18.4. The molecule has 0 aliphatic rings. The van der Waals surface area contributed by atoms with Crippen LogP contribution in [0, 0.1) is 5.82 Å². The molecule has 0 spiro atoms. The molecule has 1 N–H and O–H groups in total. The molecule has 6 heteroatoms. The van der Waals surface area contributed by atoms with Crippen LogP contribution in [-0.4, -0.2) is 23.0 Å². The Morgan fingerprint density at radius 1 is 1.56 bits per heavy atom. The number of alkyl carbamates (subject to hydrolysis) is 1. The monoisotopic (exact) mass is 254 g/mol. The average Bonchev–Trinajstić information content (AvgIpc) is 2.24. The highest BCUT2D eigenvalue weighted by Gasteiger charge is 2.22. The van der Waals surface area contributed by atoms with E-state index in [-0.39, 0.29) is 5.69 Å². The predicted molar refractivity (Wildman–Crippen MR) is 62.4 cm³/mol. The Bertz CT molecular complexity index is 443. The molecule has 1 aromatic rings. The molecule has 1 aromatic heterocycles. The topological polar surface area (TPSA) is 68.3 Å². The van der Waals surface area contributed by atoms with E-state index in [1.807, 2.05) is 0 Å². The van der Waals surface area contributed by atoms with Gasteiger partial charge in [0.05, 0.1) is 0 Å². The second kappa shape index (κ2) is 5.57. The summed E-state index contributed by atoms with van der Waals surface area (Å²) in [4.78, 5) is 26.1. The Morgan fingerprint density at radius 3 is 2.72 bits per heavy atom. The van der Waals surface area contributed by atoms with E-state index in [2.05, 4.69) is 10.3 Å². The van der Waals surface area contributed by atoms with Gasteiger partial charge in [-0.1, -0.05) is 0 Å². The first kappa shape index (κ1) is 14.1. The summed E-state index contributed by atoms with van der Waals surface area (Å²) in [6.45, 7) is 5.05. The van der Waals surface area contributed by atoms with Crippen molar-refractivity contribution < 1.29 is 18.7 Å². The smallest absolute Gasteiger partial charge is 0.408 e. The third kappa shape index (κ3) is 4.12. The fourth-order valence-electron chi connectivity index (χ4n) is 1.23. The van der Waals surface area contributed by atoms with Gasteiger partial charge in [0.15, 0.2) is 0 Å². The molecule has 0 fully saturated rings. The first-order valence-corrected chi connectivity index (χ1v) is 5.38. The van der Waals surface area contributed by atoms with Gasteiger partial charge < -0.3 is 14.8 Å². The van der Waals surface area contributed by atoms with Crippen LogP contribution in [0.3, 0.4) is 0 Å². The van der Waals surface area contributed by atoms with Crippen LogP contribution in [-0.2, 0) is 9.53 Å². The molecule has 1 rings (SSSR count). The third-order valence-electron chi connectivity index (χ3n) is 1.89. The Balaban J connectivity index is 2.78. The summed E-state index contributed by atoms with van der Waals surface area (Å²) >= 11 is 0. The second-order valence-electron chi connectivity index (χ2n) is 4.63. The van der Waals surface area contributed by atoms with Gasteiger partial charge in [0.1, 0.15) is 29.4 Å². The van der Waals surface area contributed by atoms with Crippen LogP contribution in [0.25, 0.3) is 0 Å². The van der Waals surface area contributed by atoms with Crippen molar-refractivity contribution in [3.63, 3.8) is 0 Å². The lowest BCUT2D eigenvalue weighted by molar-refractivity contribution is -0.109. The molecule has 98 valence electrons. The van der Waals surface area contributed by atoms with Gasteiger partial charge in [-0.3, -0.25) is 4.98 Å². The van der Waals surface area contributed by atoms with Gasteiger partial charge in [-0.2, -0.15) is 0 Å². The molecule has 1 unspecified atom stereocenters. The lowest BCUT2D eigenvalue weighted by atomic mass is 10.2. The van der Waals surface area contributed by atoms with E-state index in [1.165, 1.54) is 12.3 Å². The Labute approximate surface area is 104 Å². The summed E-state index contributed by atoms with van der Waals surface area (Å²) in [5, 5.41) is 2.25. The Morgan fingerprint density at radius 2 is 2.22 bits per heavy atom. The molecule has 5 nitrogen and oxygen atoms in total. The summed E-state index contributed by atoms with van der Waals surface area (Å²) in [6.07, 6.45) is 0.936. The van der Waals surface area contributed by atoms with Gasteiger partial charge in [0.2, 0.25) is 0 Å². The number of aldehydes is 1. The summed E-state index contributed by atoms with van der Waals surface area (Å²) in [5.41, 5.74) is -0.835. The number of nitrogens with one attached hydrogen (secondary N) is 1. The molecule has 0 saturated carbocycles. The van der Waals surface area contributed by atoms with E-state index in [9.17, 15) is 14.0 Å². The zero-order chi connectivity index (χ0) is 13.8. The van der Waals surface area contributed by atoms with Crippen LogP contribution in [0.2, 0.25) is 0 Å². The number of amides is 1. The highest BCUT2D eigenvalue weighted by Crippen LogP contribution is 2.13. The average molecular weight is 254 g/mol. The van der Waals surface area contributed by atoms with Crippen LogP contribution < -0.4 is 5.32 Å². The highest BCUT2D eigenvalue weighted by molar-refractivity contribution is 5.74. The van der Waals surface area contributed by atoms with Gasteiger partial charge in [-0.25, -0.2) is 9.18 Å². The Kier molecular flexibility index (Phi) is 4.36. The first-order valence-electron chi connectivity index (χ1n) is 5.38. The maximum absolute atomic E-state index is 13.4. The molecule has 18 heavy (non-hydrogen) atoms. The third-order valence-corrected chi connectivity index (χ3v) is 1.89. The van der Waals surface area contributed by atoms with Gasteiger partial charge in [0.25, 0.3) is 0 Å². The van der Waals surface area contributed by atoms with E-state index in [0.29, 0.717) is 6.29 Å².